The molecule has 3 N–H and O–H groups in total. The molecule has 2 aromatic rings. The van der Waals surface area contributed by atoms with E-state index in [0.717, 1.165) is 6.08 Å². The molecule has 2 aromatic carbocycles. The summed E-state index contributed by atoms with van der Waals surface area (Å²) in [6.45, 7) is 0. The average molecular weight is 415 g/mol. The maximum Gasteiger partial charge on any atom is 0.412 e. The Hall–Kier alpha value is -3.52. The molecule has 0 aliphatic carbocycles. The summed E-state index contributed by atoms with van der Waals surface area (Å²) in [6.07, 6.45) is 1.20. The molecule has 8 heteroatoms. The molecule has 8 nitrogen and oxygen atoms in total. The first-order valence-electron chi connectivity index (χ1n) is 9.26. The van der Waals surface area contributed by atoms with Gasteiger partial charge in [-0.2, -0.15) is 0 Å². The minimum Gasteiger partial charge on any atom is -0.504 e. The van der Waals surface area contributed by atoms with E-state index in [0.29, 0.717) is 24.1 Å². The number of carbonyl (C=O) groups is 2. The Morgan fingerprint density at radius 1 is 1.13 bits per heavy atom. The molecule has 2 rings (SSSR count). The fourth-order valence-electron chi connectivity index (χ4n) is 2.86. The molecule has 0 spiro atoms. The molecule has 0 radical (unpaired) electrons. The average Bonchev–Trinajstić information content (AvgIpc) is 2.73. The zero-order valence-corrected chi connectivity index (χ0v) is 16.8. The summed E-state index contributed by atoms with van der Waals surface area (Å²) in [4.78, 5) is 23.1. The number of benzene rings is 2. The number of aliphatic carboxylic acids is 1. The Morgan fingerprint density at radius 2 is 1.87 bits per heavy atom. The van der Waals surface area contributed by atoms with Gasteiger partial charge in [-0.1, -0.05) is 30.3 Å². The Balaban J connectivity index is 2.22. The third-order valence-electron chi connectivity index (χ3n) is 4.30. The van der Waals surface area contributed by atoms with Crippen LogP contribution in [-0.2, 0) is 14.3 Å². The number of amides is 1. The SMILES string of the molecule is COc1ccc([C@H](OC(=O)Nc2ccccc2)[C@H](CC/C=C/C(=O)O)OC)cc1O. The van der Waals surface area contributed by atoms with Crippen LogP contribution in [0.5, 0.6) is 11.5 Å². The Labute approximate surface area is 174 Å². The van der Waals surface area contributed by atoms with Gasteiger partial charge in [-0.25, -0.2) is 9.59 Å². The third kappa shape index (κ3) is 6.82. The van der Waals surface area contributed by atoms with Gasteiger partial charge < -0.3 is 24.4 Å². The van der Waals surface area contributed by atoms with Crippen LogP contribution in [0.2, 0.25) is 0 Å². The van der Waals surface area contributed by atoms with Crippen molar-refractivity contribution in [3.63, 3.8) is 0 Å². The highest BCUT2D eigenvalue weighted by atomic mass is 16.6. The number of carbonyl (C=O) groups excluding carboxylic acids is 1. The second-order valence-corrected chi connectivity index (χ2v) is 6.34. The van der Waals surface area contributed by atoms with Gasteiger partial charge in [-0.05, 0) is 42.7 Å². The molecule has 0 aliphatic rings. The molecule has 0 bridgehead atoms. The third-order valence-corrected chi connectivity index (χ3v) is 4.30. The summed E-state index contributed by atoms with van der Waals surface area (Å²) in [5, 5.41) is 21.5. The number of aromatic hydroxyl groups is 1. The number of phenolic OH excluding ortho intramolecular Hbond substituents is 1. The van der Waals surface area contributed by atoms with Crippen LogP contribution in [0.15, 0.2) is 60.7 Å². The maximum absolute atomic E-state index is 12.5. The highest BCUT2D eigenvalue weighted by molar-refractivity contribution is 5.84. The van der Waals surface area contributed by atoms with Crippen LogP contribution in [0.3, 0.4) is 0 Å². The normalized spacial score (nSPS) is 12.9. The predicted molar refractivity (Wildman–Crippen MR) is 111 cm³/mol. The van der Waals surface area contributed by atoms with E-state index < -0.39 is 24.3 Å². The van der Waals surface area contributed by atoms with Crippen molar-refractivity contribution in [3.8, 4) is 11.5 Å². The molecule has 160 valence electrons. The first-order valence-corrected chi connectivity index (χ1v) is 9.26. The molecule has 0 aliphatic heterocycles. The van der Waals surface area contributed by atoms with Crippen molar-refractivity contribution in [1.82, 2.24) is 0 Å². The molecule has 2 atom stereocenters. The smallest absolute Gasteiger partial charge is 0.412 e. The van der Waals surface area contributed by atoms with Crippen molar-refractivity contribution in [2.75, 3.05) is 19.5 Å². The van der Waals surface area contributed by atoms with E-state index in [-0.39, 0.29) is 11.5 Å². The number of ether oxygens (including phenoxy) is 3. The lowest BCUT2D eigenvalue weighted by molar-refractivity contribution is -0.131. The summed E-state index contributed by atoms with van der Waals surface area (Å²) >= 11 is 0. The number of rotatable bonds is 10. The Morgan fingerprint density at radius 3 is 2.47 bits per heavy atom. The van der Waals surface area contributed by atoms with E-state index in [4.69, 9.17) is 19.3 Å². The first-order chi connectivity index (χ1) is 14.4. The lowest BCUT2D eigenvalue weighted by atomic mass is 9.99. The summed E-state index contributed by atoms with van der Waals surface area (Å²) in [5.74, 6) is -0.864. The minimum atomic E-state index is -1.04. The van der Waals surface area contributed by atoms with Crippen LogP contribution in [0.4, 0.5) is 10.5 Å². The van der Waals surface area contributed by atoms with Crippen molar-refractivity contribution in [2.45, 2.75) is 25.0 Å². The first kappa shape index (κ1) is 22.8. The number of anilines is 1. The van der Waals surface area contributed by atoms with Gasteiger partial charge in [0.05, 0.1) is 13.2 Å². The van der Waals surface area contributed by atoms with Gasteiger partial charge in [0.1, 0.15) is 0 Å². The molecule has 1 amide bonds. The fraction of sp³-hybridized carbons (Fsp3) is 0.273. The highest BCUT2D eigenvalue weighted by Gasteiger charge is 2.28. The Kier molecular flexibility index (Phi) is 8.71. The molecule has 0 saturated carbocycles. The second kappa shape index (κ2) is 11.5. The van der Waals surface area contributed by atoms with Gasteiger partial charge in [0.15, 0.2) is 17.6 Å². The van der Waals surface area contributed by atoms with E-state index in [2.05, 4.69) is 5.32 Å². The van der Waals surface area contributed by atoms with E-state index in [1.807, 2.05) is 6.07 Å². The van der Waals surface area contributed by atoms with E-state index in [9.17, 15) is 14.7 Å². The van der Waals surface area contributed by atoms with Crippen molar-refractivity contribution < 1.29 is 34.0 Å². The summed E-state index contributed by atoms with van der Waals surface area (Å²) in [6, 6.07) is 13.5. The molecule has 0 aromatic heterocycles. The minimum absolute atomic E-state index is 0.104. The van der Waals surface area contributed by atoms with Crippen LogP contribution in [0.1, 0.15) is 24.5 Å². The van der Waals surface area contributed by atoms with Crippen LogP contribution in [-0.4, -0.2) is 42.6 Å². The zero-order chi connectivity index (χ0) is 21.9. The second-order valence-electron chi connectivity index (χ2n) is 6.34. The molecular formula is C22H25NO7. The molecule has 0 fully saturated rings. The molecule has 30 heavy (non-hydrogen) atoms. The monoisotopic (exact) mass is 415 g/mol. The number of hydrogen-bond acceptors (Lipinski definition) is 6. The fourth-order valence-corrected chi connectivity index (χ4v) is 2.86. The largest absolute Gasteiger partial charge is 0.504 e. The number of carboxylic acid groups (broad SMARTS) is 1. The lowest BCUT2D eigenvalue weighted by Gasteiger charge is -2.26. The predicted octanol–water partition coefficient (Wildman–Crippen LogP) is 4.13. The molecular weight excluding hydrogens is 390 g/mol. The van der Waals surface area contributed by atoms with Gasteiger partial charge in [0, 0.05) is 18.9 Å². The summed E-state index contributed by atoms with van der Waals surface area (Å²) in [7, 11) is 2.91. The van der Waals surface area contributed by atoms with Gasteiger partial charge in [-0.15, -0.1) is 0 Å². The van der Waals surface area contributed by atoms with Crippen LogP contribution in [0, 0.1) is 0 Å². The van der Waals surface area contributed by atoms with Crippen molar-refractivity contribution in [3.05, 3.63) is 66.2 Å². The van der Waals surface area contributed by atoms with E-state index in [1.54, 1.807) is 36.4 Å². The van der Waals surface area contributed by atoms with Crippen molar-refractivity contribution in [2.24, 2.45) is 0 Å². The van der Waals surface area contributed by atoms with Gasteiger partial charge in [0.2, 0.25) is 0 Å². The summed E-state index contributed by atoms with van der Waals surface area (Å²) < 4.78 is 16.2. The lowest BCUT2D eigenvalue weighted by Crippen LogP contribution is -2.28. The number of allylic oxidation sites excluding steroid dienone is 1. The topological polar surface area (TPSA) is 114 Å². The molecule has 0 heterocycles. The van der Waals surface area contributed by atoms with Crippen molar-refractivity contribution in [1.29, 1.82) is 0 Å². The number of methoxy groups -OCH3 is 2. The zero-order valence-electron chi connectivity index (χ0n) is 16.8. The number of nitrogens with one attached hydrogen (secondary N) is 1. The number of para-hydroxylation sites is 1. The highest BCUT2D eigenvalue weighted by Crippen LogP contribution is 2.33. The van der Waals surface area contributed by atoms with Gasteiger partial charge >= 0.3 is 12.1 Å². The van der Waals surface area contributed by atoms with E-state index >= 15 is 0 Å². The number of phenols is 1. The van der Waals surface area contributed by atoms with Crippen molar-refractivity contribution >= 4 is 17.7 Å². The van der Waals surface area contributed by atoms with Crippen LogP contribution >= 0.6 is 0 Å². The number of carboxylic acids is 1. The maximum atomic E-state index is 12.5. The quantitative estimate of drug-likeness (QED) is 0.500. The van der Waals surface area contributed by atoms with E-state index in [1.165, 1.54) is 26.4 Å². The van der Waals surface area contributed by atoms with Gasteiger partial charge in [0.25, 0.3) is 0 Å². The van der Waals surface area contributed by atoms with Crippen LogP contribution in [0.25, 0.3) is 0 Å². The van der Waals surface area contributed by atoms with Gasteiger partial charge in [-0.3, -0.25) is 5.32 Å². The standard InChI is InChI=1S/C22H25NO7/c1-28-18-13-12-15(14-17(18)24)21(19(29-2)10-6-7-11-20(25)26)30-22(27)23-16-8-4-3-5-9-16/h3-5,7-9,11-14,19,21,24H,6,10H2,1-2H3,(H,23,27)(H,25,26)/b11-7+/t19-,21-/m0/s1. The number of hydrogen-bond donors (Lipinski definition) is 3. The summed E-state index contributed by atoms with van der Waals surface area (Å²) in [5.41, 5.74) is 1.07. The molecule has 0 saturated heterocycles. The molecule has 0 unspecified atom stereocenters. The Bertz CT molecular complexity index is 867. The van der Waals surface area contributed by atoms with Crippen LogP contribution < -0.4 is 10.1 Å².